The maximum Gasteiger partial charge on any atom is 0.279 e. The average Bonchev–Trinajstić information content (AvgIpc) is 3.30. The van der Waals surface area contributed by atoms with Gasteiger partial charge in [0.1, 0.15) is 12.9 Å². The molecule has 0 atom stereocenters. The van der Waals surface area contributed by atoms with E-state index in [-0.39, 0.29) is 18.0 Å². The van der Waals surface area contributed by atoms with Crippen molar-refractivity contribution in [1.82, 2.24) is 24.6 Å². The molecule has 26 heavy (non-hydrogen) atoms. The molecule has 1 aliphatic carbocycles. The van der Waals surface area contributed by atoms with Crippen molar-refractivity contribution >= 4 is 29.5 Å². The van der Waals surface area contributed by atoms with E-state index < -0.39 is 0 Å². The van der Waals surface area contributed by atoms with Gasteiger partial charge in [0.15, 0.2) is 0 Å². The summed E-state index contributed by atoms with van der Waals surface area (Å²) >= 11 is 5.83. The Kier molecular flexibility index (Phi) is 4.26. The van der Waals surface area contributed by atoms with E-state index in [1.165, 1.54) is 17.1 Å². The second kappa shape index (κ2) is 6.72. The van der Waals surface area contributed by atoms with Crippen molar-refractivity contribution in [3.63, 3.8) is 0 Å². The van der Waals surface area contributed by atoms with Gasteiger partial charge in [-0.3, -0.25) is 9.59 Å². The summed E-state index contributed by atoms with van der Waals surface area (Å²) < 4.78 is 2.98. The Hall–Kier alpha value is -3.00. The number of nitrogens with zero attached hydrogens (tertiary/aromatic N) is 5. The first-order valence-corrected chi connectivity index (χ1v) is 8.53. The van der Waals surface area contributed by atoms with Gasteiger partial charge in [-0.25, -0.2) is 5.43 Å². The number of amides is 1. The summed E-state index contributed by atoms with van der Waals surface area (Å²) in [5, 5.41) is 8.57. The van der Waals surface area contributed by atoms with Crippen LogP contribution in [-0.2, 0) is 24.2 Å². The van der Waals surface area contributed by atoms with Crippen LogP contribution in [0.1, 0.15) is 23.2 Å². The first-order chi connectivity index (χ1) is 12.6. The minimum atomic E-state index is -0.308. The molecule has 1 aliphatic rings. The zero-order valence-corrected chi connectivity index (χ0v) is 14.5. The van der Waals surface area contributed by atoms with Gasteiger partial charge in [0.2, 0.25) is 5.78 Å². The molecule has 8 nitrogen and oxygen atoms in total. The molecule has 1 amide bonds. The number of rotatable bonds is 4. The van der Waals surface area contributed by atoms with Crippen LogP contribution in [0, 0.1) is 0 Å². The topological polar surface area (TPSA) is 93.7 Å². The van der Waals surface area contributed by atoms with Crippen LogP contribution in [0.2, 0.25) is 5.02 Å². The Bertz CT molecular complexity index is 1070. The van der Waals surface area contributed by atoms with Gasteiger partial charge in [0, 0.05) is 16.3 Å². The molecule has 2 aromatic heterocycles. The molecule has 0 fully saturated rings. The van der Waals surface area contributed by atoms with Crippen LogP contribution in [-0.4, -0.2) is 31.3 Å². The minimum absolute atomic E-state index is 0.0166. The second-order valence-corrected chi connectivity index (χ2v) is 6.42. The quantitative estimate of drug-likeness (QED) is 0.551. The fourth-order valence-electron chi connectivity index (χ4n) is 3.14. The van der Waals surface area contributed by atoms with Gasteiger partial charge in [-0.15, -0.1) is 0 Å². The fourth-order valence-corrected chi connectivity index (χ4v) is 3.27. The number of nitrogens with one attached hydrogen (secondary N) is 1. The van der Waals surface area contributed by atoms with Crippen molar-refractivity contribution in [2.24, 2.45) is 5.10 Å². The summed E-state index contributed by atoms with van der Waals surface area (Å²) in [5.74, 6) is 0.0605. The Morgan fingerprint density at radius 3 is 2.92 bits per heavy atom. The van der Waals surface area contributed by atoms with Crippen LogP contribution in [0.25, 0.3) is 5.78 Å². The number of hydrogen-bond acceptors (Lipinski definition) is 5. The molecule has 1 N–H and O–H groups in total. The third-order valence-electron chi connectivity index (χ3n) is 4.31. The van der Waals surface area contributed by atoms with Crippen LogP contribution in [0.4, 0.5) is 0 Å². The third-order valence-corrected chi connectivity index (χ3v) is 4.56. The number of benzene rings is 1. The van der Waals surface area contributed by atoms with Gasteiger partial charge in [0.25, 0.3) is 11.5 Å². The van der Waals surface area contributed by atoms with E-state index in [2.05, 4.69) is 20.6 Å². The van der Waals surface area contributed by atoms with Crippen molar-refractivity contribution in [1.29, 1.82) is 0 Å². The van der Waals surface area contributed by atoms with E-state index in [1.54, 1.807) is 28.8 Å². The molecule has 4 rings (SSSR count). The van der Waals surface area contributed by atoms with E-state index in [4.69, 9.17) is 11.6 Å². The maximum atomic E-state index is 12.4. The predicted octanol–water partition coefficient (Wildman–Crippen LogP) is 1.18. The Balaban J connectivity index is 1.55. The highest BCUT2D eigenvalue weighted by Crippen LogP contribution is 2.19. The van der Waals surface area contributed by atoms with Crippen molar-refractivity contribution in [2.45, 2.75) is 25.8 Å². The molecular weight excluding hydrogens is 356 g/mol. The molecule has 0 bridgehead atoms. The van der Waals surface area contributed by atoms with E-state index in [0.29, 0.717) is 22.8 Å². The highest BCUT2D eigenvalue weighted by Gasteiger charge is 2.23. The van der Waals surface area contributed by atoms with Crippen LogP contribution >= 0.6 is 11.6 Å². The van der Waals surface area contributed by atoms with Crippen LogP contribution < -0.4 is 11.0 Å². The number of carbonyl (C=O) groups excluding carboxylic acids is 1. The molecule has 0 unspecified atom stereocenters. The lowest BCUT2D eigenvalue weighted by atomic mass is 10.2. The number of fused-ring (bicyclic) bond motifs is 2. The normalized spacial score (nSPS) is 13.4. The van der Waals surface area contributed by atoms with E-state index in [0.717, 1.165) is 24.1 Å². The highest BCUT2D eigenvalue weighted by molar-refractivity contribution is 6.30. The SMILES string of the molecule is O=C(Cn1c2c(c(=O)n3ncnc13)CCC2)N/N=C/c1ccc(Cl)cc1. The molecule has 0 radical (unpaired) electrons. The van der Waals surface area contributed by atoms with Crippen molar-refractivity contribution in [3.8, 4) is 0 Å². The number of hydrazone groups is 1. The molecular formula is C17H15ClN6O2. The number of hydrogen-bond donors (Lipinski definition) is 1. The summed E-state index contributed by atoms with van der Waals surface area (Å²) in [4.78, 5) is 28.8. The first kappa shape index (κ1) is 16.5. The molecule has 0 saturated carbocycles. The second-order valence-electron chi connectivity index (χ2n) is 5.99. The van der Waals surface area contributed by atoms with Crippen LogP contribution in [0.15, 0.2) is 40.5 Å². The summed E-state index contributed by atoms with van der Waals surface area (Å²) in [6, 6.07) is 7.09. The lowest BCUT2D eigenvalue weighted by Crippen LogP contribution is -2.30. The summed E-state index contributed by atoms with van der Waals surface area (Å²) in [5.41, 5.74) is 4.73. The summed E-state index contributed by atoms with van der Waals surface area (Å²) in [6.07, 6.45) is 5.18. The van der Waals surface area contributed by atoms with Crippen molar-refractivity contribution in [3.05, 3.63) is 62.8 Å². The maximum absolute atomic E-state index is 12.4. The van der Waals surface area contributed by atoms with Crippen LogP contribution in [0.3, 0.4) is 0 Å². The lowest BCUT2D eigenvalue weighted by Gasteiger charge is -2.12. The number of carbonyl (C=O) groups is 1. The van der Waals surface area contributed by atoms with Gasteiger partial charge in [-0.1, -0.05) is 23.7 Å². The molecule has 3 aromatic rings. The van der Waals surface area contributed by atoms with Gasteiger partial charge in [-0.2, -0.15) is 19.7 Å². The Labute approximate surface area is 153 Å². The Morgan fingerprint density at radius 1 is 1.31 bits per heavy atom. The molecule has 9 heteroatoms. The molecule has 0 spiro atoms. The third kappa shape index (κ3) is 2.99. The number of halogens is 1. The van der Waals surface area contributed by atoms with E-state index >= 15 is 0 Å². The Morgan fingerprint density at radius 2 is 2.12 bits per heavy atom. The lowest BCUT2D eigenvalue weighted by molar-refractivity contribution is -0.121. The molecule has 1 aromatic carbocycles. The fraction of sp³-hybridized carbons (Fsp3) is 0.235. The first-order valence-electron chi connectivity index (χ1n) is 8.15. The average molecular weight is 371 g/mol. The van der Waals surface area contributed by atoms with Crippen molar-refractivity contribution in [2.75, 3.05) is 0 Å². The summed E-state index contributed by atoms with van der Waals surface area (Å²) in [7, 11) is 0. The molecule has 2 heterocycles. The predicted molar refractivity (Wildman–Crippen MR) is 96.5 cm³/mol. The minimum Gasteiger partial charge on any atom is -0.304 e. The van der Waals surface area contributed by atoms with E-state index in [9.17, 15) is 9.59 Å². The van der Waals surface area contributed by atoms with Gasteiger partial charge in [-0.05, 0) is 37.0 Å². The zero-order valence-electron chi connectivity index (χ0n) is 13.7. The van der Waals surface area contributed by atoms with Gasteiger partial charge >= 0.3 is 0 Å². The smallest absolute Gasteiger partial charge is 0.279 e. The molecule has 0 aliphatic heterocycles. The molecule has 132 valence electrons. The zero-order chi connectivity index (χ0) is 18.1. The summed E-state index contributed by atoms with van der Waals surface area (Å²) in [6.45, 7) is 0.0166. The van der Waals surface area contributed by atoms with Crippen molar-refractivity contribution < 1.29 is 4.79 Å². The monoisotopic (exact) mass is 370 g/mol. The number of aromatic nitrogens is 4. The standard InChI is InChI=1S/C17H15ClN6O2/c18-12-6-4-11(5-7-12)8-20-22-15(25)9-23-14-3-1-2-13(14)16(26)24-17(23)19-10-21-24/h4-8,10H,1-3,9H2,(H,22,25)/b20-8+. The van der Waals surface area contributed by atoms with Crippen LogP contribution in [0.5, 0.6) is 0 Å². The van der Waals surface area contributed by atoms with Gasteiger partial charge < -0.3 is 4.57 Å². The van der Waals surface area contributed by atoms with Gasteiger partial charge in [0.05, 0.1) is 6.21 Å². The van der Waals surface area contributed by atoms with E-state index in [1.807, 2.05) is 0 Å². The highest BCUT2D eigenvalue weighted by atomic mass is 35.5. The largest absolute Gasteiger partial charge is 0.304 e. The molecule has 0 saturated heterocycles.